The average molecular weight is 430 g/mol. The third-order valence-electron chi connectivity index (χ3n) is 5.95. The SMILES string of the molecule is CC1CCC2(CC1)NC(=O)N(CC(=O)NC(CC(=O)OC(C)C)c1ccccc1)C2=O. The number of ether oxygens (including phenoxy) is 1. The Morgan fingerprint density at radius 3 is 2.45 bits per heavy atom. The molecule has 1 unspecified atom stereocenters. The molecule has 2 fully saturated rings. The number of benzene rings is 1. The molecule has 1 saturated carbocycles. The summed E-state index contributed by atoms with van der Waals surface area (Å²) in [5, 5.41) is 5.61. The van der Waals surface area contributed by atoms with Gasteiger partial charge >= 0.3 is 12.0 Å². The smallest absolute Gasteiger partial charge is 0.325 e. The predicted molar refractivity (Wildman–Crippen MR) is 114 cm³/mol. The highest BCUT2D eigenvalue weighted by Gasteiger charge is 2.52. The number of carbonyl (C=O) groups is 4. The molecule has 1 spiro atoms. The maximum Gasteiger partial charge on any atom is 0.325 e. The van der Waals surface area contributed by atoms with Gasteiger partial charge in [0.1, 0.15) is 12.1 Å². The molecule has 3 rings (SSSR count). The molecule has 1 aromatic rings. The van der Waals surface area contributed by atoms with Crippen molar-refractivity contribution in [1.82, 2.24) is 15.5 Å². The van der Waals surface area contributed by atoms with Gasteiger partial charge in [-0.2, -0.15) is 0 Å². The highest BCUT2D eigenvalue weighted by atomic mass is 16.5. The zero-order valence-electron chi connectivity index (χ0n) is 18.3. The van der Waals surface area contributed by atoms with E-state index in [0.717, 1.165) is 23.3 Å². The number of rotatable bonds is 7. The summed E-state index contributed by atoms with van der Waals surface area (Å²) in [6.45, 7) is 5.26. The van der Waals surface area contributed by atoms with Crippen molar-refractivity contribution < 1.29 is 23.9 Å². The van der Waals surface area contributed by atoms with E-state index in [-0.39, 0.29) is 25.0 Å². The molecule has 1 heterocycles. The Morgan fingerprint density at radius 2 is 1.84 bits per heavy atom. The predicted octanol–water partition coefficient (Wildman–Crippen LogP) is 2.69. The maximum absolute atomic E-state index is 13.0. The summed E-state index contributed by atoms with van der Waals surface area (Å²) in [6, 6.07) is 7.92. The average Bonchev–Trinajstić information content (AvgIpc) is 2.94. The number of imide groups is 1. The van der Waals surface area contributed by atoms with Crippen molar-refractivity contribution in [3.8, 4) is 0 Å². The van der Waals surface area contributed by atoms with Crippen LogP contribution in [0.1, 0.15) is 64.5 Å². The number of nitrogens with one attached hydrogen (secondary N) is 2. The highest BCUT2D eigenvalue weighted by molar-refractivity contribution is 6.09. The van der Waals surface area contributed by atoms with Crippen LogP contribution in [0.15, 0.2) is 30.3 Å². The zero-order valence-corrected chi connectivity index (χ0v) is 18.3. The van der Waals surface area contributed by atoms with Gasteiger partial charge in [-0.15, -0.1) is 0 Å². The first kappa shape index (κ1) is 22.8. The van der Waals surface area contributed by atoms with Crippen molar-refractivity contribution in [2.45, 2.75) is 70.6 Å². The van der Waals surface area contributed by atoms with E-state index in [1.807, 2.05) is 18.2 Å². The minimum atomic E-state index is -0.885. The summed E-state index contributed by atoms with van der Waals surface area (Å²) < 4.78 is 5.22. The van der Waals surface area contributed by atoms with E-state index in [9.17, 15) is 19.2 Å². The number of nitrogens with zero attached hydrogens (tertiary/aromatic N) is 1. The molecule has 8 nitrogen and oxygen atoms in total. The lowest BCUT2D eigenvalue weighted by molar-refractivity contribution is -0.148. The van der Waals surface area contributed by atoms with Gasteiger partial charge in [0.05, 0.1) is 18.6 Å². The van der Waals surface area contributed by atoms with Gasteiger partial charge in [0, 0.05) is 0 Å². The topological polar surface area (TPSA) is 105 Å². The molecular weight excluding hydrogens is 398 g/mol. The molecular formula is C23H31N3O5. The Bertz CT molecular complexity index is 831. The van der Waals surface area contributed by atoms with Crippen molar-refractivity contribution in [2.75, 3.05) is 6.54 Å². The van der Waals surface area contributed by atoms with Crippen LogP contribution >= 0.6 is 0 Å². The third-order valence-corrected chi connectivity index (χ3v) is 5.95. The van der Waals surface area contributed by atoms with Crippen LogP contribution in [0.5, 0.6) is 0 Å². The van der Waals surface area contributed by atoms with Crippen molar-refractivity contribution >= 4 is 23.8 Å². The molecule has 1 atom stereocenters. The number of amides is 4. The Hall–Kier alpha value is -2.90. The molecule has 4 amide bonds. The lowest BCUT2D eigenvalue weighted by Crippen LogP contribution is -2.50. The van der Waals surface area contributed by atoms with Crippen molar-refractivity contribution in [3.05, 3.63) is 35.9 Å². The summed E-state index contributed by atoms with van der Waals surface area (Å²) in [7, 11) is 0. The molecule has 1 aliphatic carbocycles. The summed E-state index contributed by atoms with van der Waals surface area (Å²) in [5.41, 5.74) is -0.143. The largest absolute Gasteiger partial charge is 0.463 e. The molecule has 1 aromatic carbocycles. The monoisotopic (exact) mass is 429 g/mol. The van der Waals surface area contributed by atoms with Gasteiger partial charge < -0.3 is 15.4 Å². The number of hydrogen-bond acceptors (Lipinski definition) is 5. The van der Waals surface area contributed by atoms with E-state index in [1.54, 1.807) is 26.0 Å². The van der Waals surface area contributed by atoms with E-state index < -0.39 is 29.5 Å². The molecule has 1 aliphatic heterocycles. The van der Waals surface area contributed by atoms with Crippen LogP contribution in [-0.4, -0.2) is 46.9 Å². The first-order valence-electron chi connectivity index (χ1n) is 10.9. The van der Waals surface area contributed by atoms with Crippen LogP contribution in [-0.2, 0) is 19.1 Å². The Morgan fingerprint density at radius 1 is 1.19 bits per heavy atom. The van der Waals surface area contributed by atoms with Crippen LogP contribution < -0.4 is 10.6 Å². The van der Waals surface area contributed by atoms with E-state index in [0.29, 0.717) is 18.8 Å². The molecule has 0 radical (unpaired) electrons. The van der Waals surface area contributed by atoms with Gasteiger partial charge in [-0.1, -0.05) is 37.3 Å². The normalized spacial score (nSPS) is 24.3. The highest BCUT2D eigenvalue weighted by Crippen LogP contribution is 2.36. The molecule has 168 valence electrons. The minimum Gasteiger partial charge on any atom is -0.463 e. The summed E-state index contributed by atoms with van der Waals surface area (Å²) in [6.07, 6.45) is 2.59. The van der Waals surface area contributed by atoms with E-state index in [4.69, 9.17) is 4.74 Å². The van der Waals surface area contributed by atoms with Gasteiger partial charge in [-0.05, 0) is 51.0 Å². The number of urea groups is 1. The van der Waals surface area contributed by atoms with Crippen LogP contribution in [0.3, 0.4) is 0 Å². The van der Waals surface area contributed by atoms with Crippen molar-refractivity contribution in [3.63, 3.8) is 0 Å². The van der Waals surface area contributed by atoms with Gasteiger partial charge in [0.2, 0.25) is 5.91 Å². The summed E-state index contributed by atoms with van der Waals surface area (Å²) >= 11 is 0. The zero-order chi connectivity index (χ0) is 22.6. The maximum atomic E-state index is 13.0. The standard InChI is InChI=1S/C23H31N3O5/c1-15(2)31-20(28)13-18(17-7-5-4-6-8-17)24-19(27)14-26-21(29)23(25-22(26)30)11-9-16(3)10-12-23/h4-8,15-16,18H,9-14H2,1-3H3,(H,24,27)(H,25,30). The molecule has 2 aliphatic rings. The van der Waals surface area contributed by atoms with E-state index in [1.165, 1.54) is 0 Å². The Kier molecular flexibility index (Phi) is 6.97. The lowest BCUT2D eigenvalue weighted by Gasteiger charge is -2.33. The summed E-state index contributed by atoms with van der Waals surface area (Å²) in [4.78, 5) is 51.4. The Labute approximate surface area is 182 Å². The van der Waals surface area contributed by atoms with Gasteiger partial charge in [-0.25, -0.2) is 4.79 Å². The first-order chi connectivity index (χ1) is 14.7. The van der Waals surface area contributed by atoms with Gasteiger partial charge in [0.15, 0.2) is 0 Å². The van der Waals surface area contributed by atoms with E-state index in [2.05, 4.69) is 17.6 Å². The molecule has 1 saturated heterocycles. The molecule has 0 bridgehead atoms. The third kappa shape index (κ3) is 5.42. The number of esters is 1. The number of carbonyl (C=O) groups excluding carboxylic acids is 4. The van der Waals surface area contributed by atoms with Crippen LogP contribution in [0.4, 0.5) is 4.79 Å². The lowest BCUT2D eigenvalue weighted by atomic mass is 9.77. The number of hydrogen-bond donors (Lipinski definition) is 2. The molecule has 2 N–H and O–H groups in total. The summed E-state index contributed by atoms with van der Waals surface area (Å²) in [5.74, 6) is -0.759. The Balaban J connectivity index is 1.67. The van der Waals surface area contributed by atoms with Crippen LogP contribution in [0.2, 0.25) is 0 Å². The second-order valence-corrected chi connectivity index (χ2v) is 8.86. The fourth-order valence-electron chi connectivity index (χ4n) is 4.21. The van der Waals surface area contributed by atoms with Crippen LogP contribution in [0, 0.1) is 5.92 Å². The fraction of sp³-hybridized carbons (Fsp3) is 0.565. The molecule has 8 heteroatoms. The van der Waals surface area contributed by atoms with Crippen LogP contribution in [0.25, 0.3) is 0 Å². The molecule has 31 heavy (non-hydrogen) atoms. The second-order valence-electron chi connectivity index (χ2n) is 8.86. The second kappa shape index (κ2) is 9.49. The van der Waals surface area contributed by atoms with Crippen molar-refractivity contribution in [2.24, 2.45) is 5.92 Å². The first-order valence-corrected chi connectivity index (χ1v) is 10.9. The van der Waals surface area contributed by atoms with Gasteiger partial charge in [-0.3, -0.25) is 19.3 Å². The minimum absolute atomic E-state index is 0.0457. The molecule has 0 aromatic heterocycles. The van der Waals surface area contributed by atoms with Crippen molar-refractivity contribution in [1.29, 1.82) is 0 Å². The fourth-order valence-corrected chi connectivity index (χ4v) is 4.21. The quantitative estimate of drug-likeness (QED) is 0.512. The van der Waals surface area contributed by atoms with E-state index >= 15 is 0 Å². The van der Waals surface area contributed by atoms with Gasteiger partial charge in [0.25, 0.3) is 5.91 Å².